The van der Waals surface area contributed by atoms with Gasteiger partial charge in [-0.15, -0.1) is 16.9 Å². The van der Waals surface area contributed by atoms with E-state index >= 15 is 0 Å². The second kappa shape index (κ2) is 9.43. The van der Waals surface area contributed by atoms with E-state index in [-0.39, 0.29) is 11.3 Å². The molecule has 3 N–H and O–H groups in total. The zero-order chi connectivity index (χ0) is 21.1. The molecule has 3 rings (SSSR count). The fraction of sp³-hybridized carbons (Fsp3) is 0.556. The van der Waals surface area contributed by atoms with Gasteiger partial charge in [-0.1, -0.05) is 18.6 Å². The van der Waals surface area contributed by atoms with Gasteiger partial charge in [0.1, 0.15) is 35.5 Å². The van der Waals surface area contributed by atoms with Crippen molar-refractivity contribution in [1.29, 1.82) is 0 Å². The first-order valence-corrected chi connectivity index (χ1v) is 10.2. The van der Waals surface area contributed by atoms with Gasteiger partial charge in [-0.25, -0.2) is 17.9 Å². The molecule has 0 radical (unpaired) electrons. The molecule has 3 unspecified atom stereocenters. The Bertz CT molecular complexity index is 817. The lowest BCUT2D eigenvalue weighted by atomic mass is 9.97. The molecule has 5 atom stereocenters. The number of hydrogen-bond acceptors (Lipinski definition) is 7. The third-order valence-electron chi connectivity index (χ3n) is 4.72. The third-order valence-corrected chi connectivity index (χ3v) is 5.97. The highest BCUT2D eigenvalue weighted by atomic mass is 32.2. The summed E-state index contributed by atoms with van der Waals surface area (Å²) in [5.41, 5.74) is -0.721. The Morgan fingerprint density at radius 1 is 1.17 bits per heavy atom. The van der Waals surface area contributed by atoms with E-state index in [1.807, 2.05) is 6.92 Å². The van der Waals surface area contributed by atoms with Gasteiger partial charge in [0.25, 0.3) is 0 Å². The SMILES string of the molecule is CCCCS[C@H]1OC(CO)[C@H](O)C(n2cc(-c3cc(F)c(F)c(F)c3)nn2)C1O. The molecule has 0 saturated carbocycles. The average molecular weight is 433 g/mol. The second-order valence-corrected chi connectivity index (χ2v) is 7.97. The van der Waals surface area contributed by atoms with E-state index in [1.54, 1.807) is 0 Å². The number of thioether (sulfide) groups is 1. The lowest BCUT2D eigenvalue weighted by Gasteiger charge is -2.41. The molecular formula is C18H22F3N3O4S. The van der Waals surface area contributed by atoms with E-state index in [9.17, 15) is 28.5 Å². The first-order chi connectivity index (χ1) is 13.9. The predicted octanol–water partition coefficient (Wildman–Crippen LogP) is 1.88. The molecule has 1 fully saturated rings. The van der Waals surface area contributed by atoms with Crippen LogP contribution >= 0.6 is 11.8 Å². The molecule has 0 bridgehead atoms. The summed E-state index contributed by atoms with van der Waals surface area (Å²) in [6.45, 7) is 1.56. The minimum Gasteiger partial charge on any atom is -0.394 e. The van der Waals surface area contributed by atoms with Crippen LogP contribution in [0.4, 0.5) is 13.2 Å². The Hall–Kier alpha value is -1.66. The van der Waals surface area contributed by atoms with Crippen molar-refractivity contribution < 1.29 is 33.2 Å². The number of nitrogens with zero attached hydrogens (tertiary/aromatic N) is 3. The van der Waals surface area contributed by atoms with Gasteiger partial charge < -0.3 is 20.1 Å². The van der Waals surface area contributed by atoms with Crippen LogP contribution in [-0.4, -0.2) is 66.4 Å². The summed E-state index contributed by atoms with van der Waals surface area (Å²) in [5, 5.41) is 38.5. The van der Waals surface area contributed by atoms with Gasteiger partial charge in [0.2, 0.25) is 0 Å². The molecule has 1 saturated heterocycles. The van der Waals surface area contributed by atoms with Gasteiger partial charge in [-0.2, -0.15) is 0 Å². The van der Waals surface area contributed by atoms with Crippen molar-refractivity contribution in [2.24, 2.45) is 0 Å². The van der Waals surface area contributed by atoms with Crippen LogP contribution in [0.15, 0.2) is 18.3 Å². The van der Waals surface area contributed by atoms with Crippen LogP contribution in [0.3, 0.4) is 0 Å². The van der Waals surface area contributed by atoms with Crippen LogP contribution in [0.2, 0.25) is 0 Å². The van der Waals surface area contributed by atoms with Crippen LogP contribution < -0.4 is 0 Å². The van der Waals surface area contributed by atoms with Crippen LogP contribution in [0, 0.1) is 17.5 Å². The predicted molar refractivity (Wildman–Crippen MR) is 99.5 cm³/mol. The first-order valence-electron chi connectivity index (χ1n) is 9.18. The maximum Gasteiger partial charge on any atom is 0.194 e. The summed E-state index contributed by atoms with van der Waals surface area (Å²) in [6.07, 6.45) is -0.265. The molecule has 160 valence electrons. The lowest BCUT2D eigenvalue weighted by molar-refractivity contribution is -0.178. The zero-order valence-corrected chi connectivity index (χ0v) is 16.4. The van der Waals surface area contributed by atoms with E-state index in [4.69, 9.17) is 4.74 Å². The number of aliphatic hydroxyl groups is 3. The minimum atomic E-state index is -1.59. The number of halogens is 3. The lowest BCUT2D eigenvalue weighted by Crippen LogP contribution is -2.55. The summed E-state index contributed by atoms with van der Waals surface area (Å²) < 4.78 is 47.0. The van der Waals surface area contributed by atoms with Crippen LogP contribution in [0.1, 0.15) is 25.8 Å². The van der Waals surface area contributed by atoms with Gasteiger partial charge in [-0.05, 0) is 24.3 Å². The normalized spacial score (nSPS) is 27.3. The summed E-state index contributed by atoms with van der Waals surface area (Å²) >= 11 is 1.36. The van der Waals surface area contributed by atoms with Gasteiger partial charge in [0.05, 0.1) is 12.8 Å². The molecule has 29 heavy (non-hydrogen) atoms. The monoisotopic (exact) mass is 433 g/mol. The molecule has 11 heteroatoms. The summed E-state index contributed by atoms with van der Waals surface area (Å²) in [6, 6.07) is 0.559. The highest BCUT2D eigenvalue weighted by molar-refractivity contribution is 7.99. The van der Waals surface area contributed by atoms with Crippen molar-refractivity contribution in [3.05, 3.63) is 35.8 Å². The van der Waals surface area contributed by atoms with E-state index in [0.717, 1.165) is 30.7 Å². The number of ether oxygens (including phenoxy) is 1. The van der Waals surface area contributed by atoms with Crippen LogP contribution in [0.25, 0.3) is 11.3 Å². The summed E-state index contributed by atoms with van der Waals surface area (Å²) in [5.74, 6) is -3.60. The first kappa shape index (κ1) is 22.0. The molecule has 7 nitrogen and oxygen atoms in total. The van der Waals surface area contributed by atoms with Crippen molar-refractivity contribution >= 4 is 11.8 Å². The summed E-state index contributed by atoms with van der Waals surface area (Å²) in [7, 11) is 0. The van der Waals surface area contributed by atoms with Gasteiger partial charge >= 0.3 is 0 Å². The minimum absolute atomic E-state index is 0.0319. The molecule has 0 amide bonds. The fourth-order valence-corrected chi connectivity index (χ4v) is 4.39. The molecule has 2 aromatic rings. The van der Waals surface area contributed by atoms with Crippen molar-refractivity contribution in [3.8, 4) is 11.3 Å². The smallest absolute Gasteiger partial charge is 0.194 e. The average Bonchev–Trinajstić information content (AvgIpc) is 3.17. The Labute approximate surface area is 169 Å². The Balaban J connectivity index is 1.87. The number of aromatic nitrogens is 3. The number of unbranched alkanes of at least 4 members (excludes halogenated alkanes) is 1. The number of rotatable bonds is 7. The Kier molecular flexibility index (Phi) is 7.17. The molecule has 0 spiro atoms. The quantitative estimate of drug-likeness (QED) is 0.453. The van der Waals surface area contributed by atoms with Crippen LogP contribution in [0.5, 0.6) is 0 Å². The standard InChI is InChI=1S/C18H22F3N3O4S/c1-2-3-4-29-18-17(27)15(16(26)13(8-25)28-18)24-7-12(22-23-24)9-5-10(19)14(21)11(20)6-9/h5-7,13,15-18,25-27H,2-4,8H2,1H3/t13?,15?,16-,17?,18+/m0/s1. The van der Waals surface area contributed by atoms with Crippen molar-refractivity contribution in [2.75, 3.05) is 12.4 Å². The van der Waals surface area contributed by atoms with Crippen LogP contribution in [-0.2, 0) is 4.74 Å². The van der Waals surface area contributed by atoms with Gasteiger partial charge in [-0.3, -0.25) is 0 Å². The van der Waals surface area contributed by atoms with E-state index in [1.165, 1.54) is 22.6 Å². The maximum atomic E-state index is 13.5. The number of aliphatic hydroxyl groups excluding tert-OH is 3. The van der Waals surface area contributed by atoms with E-state index in [0.29, 0.717) is 0 Å². The van der Waals surface area contributed by atoms with Gasteiger partial charge in [0, 0.05) is 5.56 Å². The number of benzene rings is 1. The van der Waals surface area contributed by atoms with Crippen molar-refractivity contribution in [2.45, 2.75) is 49.6 Å². The highest BCUT2D eigenvalue weighted by Gasteiger charge is 2.46. The fourth-order valence-electron chi connectivity index (χ4n) is 3.12. The molecule has 2 heterocycles. The molecular weight excluding hydrogens is 411 g/mol. The highest BCUT2D eigenvalue weighted by Crippen LogP contribution is 2.35. The summed E-state index contributed by atoms with van der Waals surface area (Å²) in [4.78, 5) is 0. The number of hydrogen-bond donors (Lipinski definition) is 3. The van der Waals surface area contributed by atoms with Crippen molar-refractivity contribution in [3.63, 3.8) is 0 Å². The molecule has 1 aromatic carbocycles. The molecule has 1 aliphatic heterocycles. The van der Waals surface area contributed by atoms with Crippen molar-refractivity contribution in [1.82, 2.24) is 15.0 Å². The van der Waals surface area contributed by atoms with Gasteiger partial charge in [0.15, 0.2) is 17.5 Å². The topological polar surface area (TPSA) is 101 Å². The zero-order valence-electron chi connectivity index (χ0n) is 15.6. The Morgan fingerprint density at radius 3 is 2.48 bits per heavy atom. The molecule has 1 aliphatic rings. The second-order valence-electron chi connectivity index (χ2n) is 6.76. The molecule has 0 aliphatic carbocycles. The molecule has 1 aromatic heterocycles. The Morgan fingerprint density at radius 2 is 1.86 bits per heavy atom. The third kappa shape index (κ3) is 4.58. The van der Waals surface area contributed by atoms with E-state index < -0.39 is 53.8 Å². The van der Waals surface area contributed by atoms with E-state index in [2.05, 4.69) is 10.3 Å². The largest absolute Gasteiger partial charge is 0.394 e. The maximum absolute atomic E-state index is 13.5.